The maximum absolute atomic E-state index is 11.9. The second-order valence-electron chi connectivity index (χ2n) is 4.89. The van der Waals surface area contributed by atoms with E-state index in [1.165, 1.54) is 0 Å². The van der Waals surface area contributed by atoms with Gasteiger partial charge in [-0.2, -0.15) is 0 Å². The van der Waals surface area contributed by atoms with Crippen LogP contribution in [0.15, 0.2) is 0 Å². The van der Waals surface area contributed by atoms with E-state index in [4.69, 9.17) is 11.6 Å². The Morgan fingerprint density at radius 1 is 1.53 bits per heavy atom. The minimum Gasteiger partial charge on any atom is -0.302 e. The molecule has 1 aliphatic rings. The number of nitrogens with zero attached hydrogens (tertiary/aromatic N) is 1. The predicted molar refractivity (Wildman–Crippen MR) is 71.9 cm³/mol. The SMILES string of the molecule is CCN1CCCC(NS(=O)(=O)CC(C)CCl)C1. The number of hydrogen-bond donors (Lipinski definition) is 1. The maximum Gasteiger partial charge on any atom is 0.212 e. The van der Waals surface area contributed by atoms with Gasteiger partial charge in [0.1, 0.15) is 0 Å². The second kappa shape index (κ2) is 6.92. The van der Waals surface area contributed by atoms with Gasteiger partial charge in [0, 0.05) is 18.5 Å². The lowest BCUT2D eigenvalue weighted by Gasteiger charge is -2.32. The van der Waals surface area contributed by atoms with E-state index in [1.54, 1.807) is 0 Å². The van der Waals surface area contributed by atoms with Gasteiger partial charge >= 0.3 is 0 Å². The summed E-state index contributed by atoms with van der Waals surface area (Å²) in [5.41, 5.74) is 0. The molecule has 2 unspecified atom stereocenters. The van der Waals surface area contributed by atoms with Gasteiger partial charge in [-0.25, -0.2) is 13.1 Å². The Labute approximate surface area is 110 Å². The topological polar surface area (TPSA) is 49.4 Å². The lowest BCUT2D eigenvalue weighted by atomic mass is 10.1. The number of sulfonamides is 1. The first kappa shape index (κ1) is 15.2. The van der Waals surface area contributed by atoms with Crippen molar-refractivity contribution in [2.45, 2.75) is 32.7 Å². The van der Waals surface area contributed by atoms with Gasteiger partial charge in [0.05, 0.1) is 5.75 Å². The maximum atomic E-state index is 11.9. The van der Waals surface area contributed by atoms with E-state index in [-0.39, 0.29) is 17.7 Å². The number of piperidine rings is 1. The van der Waals surface area contributed by atoms with Crippen molar-refractivity contribution in [3.63, 3.8) is 0 Å². The van der Waals surface area contributed by atoms with Crippen molar-refractivity contribution < 1.29 is 8.42 Å². The molecule has 1 rings (SSSR count). The molecular weight excluding hydrogens is 260 g/mol. The van der Waals surface area contributed by atoms with Crippen molar-refractivity contribution in [2.75, 3.05) is 31.3 Å². The Balaban J connectivity index is 2.46. The first-order valence-electron chi connectivity index (χ1n) is 6.25. The molecule has 0 radical (unpaired) electrons. The van der Waals surface area contributed by atoms with Gasteiger partial charge in [-0.1, -0.05) is 13.8 Å². The van der Waals surface area contributed by atoms with Crippen molar-refractivity contribution in [2.24, 2.45) is 5.92 Å². The summed E-state index contributed by atoms with van der Waals surface area (Å²) in [5, 5.41) is 0. The lowest BCUT2D eigenvalue weighted by Crippen LogP contribution is -2.48. The molecule has 102 valence electrons. The van der Waals surface area contributed by atoms with Crippen LogP contribution in [0.4, 0.5) is 0 Å². The third-order valence-electron chi connectivity index (χ3n) is 3.07. The molecule has 2 atom stereocenters. The highest BCUT2D eigenvalue weighted by Gasteiger charge is 2.24. The predicted octanol–water partition coefficient (Wildman–Crippen LogP) is 1.26. The summed E-state index contributed by atoms with van der Waals surface area (Å²) in [7, 11) is -3.19. The number of halogens is 1. The second-order valence-corrected chi connectivity index (χ2v) is 7.00. The fourth-order valence-corrected chi connectivity index (χ4v) is 4.06. The minimum atomic E-state index is -3.19. The van der Waals surface area contributed by atoms with Gasteiger partial charge in [-0.3, -0.25) is 0 Å². The largest absolute Gasteiger partial charge is 0.302 e. The van der Waals surface area contributed by atoms with Crippen LogP contribution in [0.2, 0.25) is 0 Å². The van der Waals surface area contributed by atoms with Crippen LogP contribution >= 0.6 is 11.6 Å². The van der Waals surface area contributed by atoms with Gasteiger partial charge in [-0.15, -0.1) is 11.6 Å². The number of likely N-dealkylation sites (N-methyl/N-ethyl adjacent to an activating group) is 1. The lowest BCUT2D eigenvalue weighted by molar-refractivity contribution is 0.211. The summed E-state index contributed by atoms with van der Waals surface area (Å²) in [6.07, 6.45) is 2.00. The Morgan fingerprint density at radius 2 is 2.24 bits per heavy atom. The molecule has 17 heavy (non-hydrogen) atoms. The highest BCUT2D eigenvalue weighted by Crippen LogP contribution is 2.11. The summed E-state index contributed by atoms with van der Waals surface area (Å²) in [4.78, 5) is 2.28. The van der Waals surface area contributed by atoms with E-state index < -0.39 is 10.0 Å². The normalized spacial score (nSPS) is 24.8. The van der Waals surface area contributed by atoms with Crippen LogP contribution < -0.4 is 4.72 Å². The van der Waals surface area contributed by atoms with Gasteiger partial charge in [0.2, 0.25) is 10.0 Å². The minimum absolute atomic E-state index is 0.0000328. The quantitative estimate of drug-likeness (QED) is 0.747. The van der Waals surface area contributed by atoms with E-state index in [0.717, 1.165) is 32.5 Å². The molecule has 1 saturated heterocycles. The zero-order valence-corrected chi connectivity index (χ0v) is 12.2. The zero-order valence-electron chi connectivity index (χ0n) is 10.7. The molecule has 1 heterocycles. The fraction of sp³-hybridized carbons (Fsp3) is 1.00. The Bertz CT molecular complexity index is 321. The van der Waals surface area contributed by atoms with Crippen LogP contribution in [-0.2, 0) is 10.0 Å². The van der Waals surface area contributed by atoms with Crippen LogP contribution in [0, 0.1) is 5.92 Å². The fourth-order valence-electron chi connectivity index (χ4n) is 2.16. The number of likely N-dealkylation sites (tertiary alicyclic amines) is 1. The highest BCUT2D eigenvalue weighted by molar-refractivity contribution is 7.89. The molecule has 0 spiro atoms. The van der Waals surface area contributed by atoms with E-state index in [0.29, 0.717) is 5.88 Å². The van der Waals surface area contributed by atoms with E-state index >= 15 is 0 Å². The molecule has 0 amide bonds. The average molecular weight is 283 g/mol. The van der Waals surface area contributed by atoms with Gasteiger partial charge in [-0.05, 0) is 31.8 Å². The van der Waals surface area contributed by atoms with Crippen molar-refractivity contribution in [3.8, 4) is 0 Å². The molecule has 1 N–H and O–H groups in total. The van der Waals surface area contributed by atoms with Gasteiger partial charge in [0.15, 0.2) is 0 Å². The van der Waals surface area contributed by atoms with Crippen LogP contribution in [0.25, 0.3) is 0 Å². The molecular formula is C11H23ClN2O2S. The average Bonchev–Trinajstić information content (AvgIpc) is 2.27. The van der Waals surface area contributed by atoms with Crippen molar-refractivity contribution in [3.05, 3.63) is 0 Å². The summed E-state index contributed by atoms with van der Waals surface area (Å²) in [6.45, 7) is 6.84. The van der Waals surface area contributed by atoms with Crippen molar-refractivity contribution in [1.29, 1.82) is 0 Å². The smallest absolute Gasteiger partial charge is 0.212 e. The van der Waals surface area contributed by atoms with Gasteiger partial charge in [0.25, 0.3) is 0 Å². The molecule has 0 aliphatic carbocycles. The van der Waals surface area contributed by atoms with Crippen molar-refractivity contribution in [1.82, 2.24) is 9.62 Å². The molecule has 0 aromatic carbocycles. The molecule has 0 aromatic rings. The molecule has 4 nitrogen and oxygen atoms in total. The zero-order chi connectivity index (χ0) is 12.9. The van der Waals surface area contributed by atoms with Crippen molar-refractivity contribution >= 4 is 21.6 Å². The Hall–Kier alpha value is 0.160. The van der Waals surface area contributed by atoms with Gasteiger partial charge < -0.3 is 4.90 Å². The third-order valence-corrected chi connectivity index (χ3v) is 5.29. The molecule has 1 fully saturated rings. The van der Waals surface area contributed by atoms with Crippen LogP contribution in [0.5, 0.6) is 0 Å². The molecule has 0 bridgehead atoms. The summed E-state index contributed by atoms with van der Waals surface area (Å²) in [5.74, 6) is 0.506. The first-order chi connectivity index (χ1) is 7.96. The highest BCUT2D eigenvalue weighted by atomic mass is 35.5. The Kier molecular flexibility index (Phi) is 6.20. The first-order valence-corrected chi connectivity index (χ1v) is 8.43. The molecule has 0 saturated carbocycles. The Morgan fingerprint density at radius 3 is 2.82 bits per heavy atom. The van der Waals surface area contributed by atoms with E-state index in [2.05, 4.69) is 16.5 Å². The summed E-state index contributed by atoms with van der Waals surface area (Å²) >= 11 is 5.65. The van der Waals surface area contributed by atoms with E-state index in [9.17, 15) is 8.42 Å². The van der Waals surface area contributed by atoms with E-state index in [1.807, 2.05) is 6.92 Å². The number of rotatable bonds is 6. The monoisotopic (exact) mass is 282 g/mol. The molecule has 6 heteroatoms. The molecule has 0 aromatic heterocycles. The molecule has 1 aliphatic heterocycles. The number of hydrogen-bond acceptors (Lipinski definition) is 3. The van der Waals surface area contributed by atoms with Crippen LogP contribution in [-0.4, -0.2) is 50.6 Å². The van der Waals surface area contributed by atoms with Crippen LogP contribution in [0.1, 0.15) is 26.7 Å². The standard InChI is InChI=1S/C11H23ClN2O2S/c1-3-14-6-4-5-11(8-14)13-17(15,16)9-10(2)7-12/h10-11,13H,3-9H2,1-2H3. The summed E-state index contributed by atoms with van der Waals surface area (Å²) in [6, 6.07) is 0.0659. The number of alkyl halides is 1. The number of nitrogens with one attached hydrogen (secondary N) is 1. The third kappa shape index (κ3) is 5.55. The summed E-state index contributed by atoms with van der Waals surface area (Å²) < 4.78 is 26.5. The van der Waals surface area contributed by atoms with Crippen LogP contribution in [0.3, 0.4) is 0 Å².